The van der Waals surface area contributed by atoms with Gasteiger partial charge in [0, 0.05) is 12.3 Å². The zero-order valence-electron chi connectivity index (χ0n) is 10.1. The summed E-state index contributed by atoms with van der Waals surface area (Å²) in [4.78, 5) is 9.99. The molecule has 1 aliphatic carbocycles. The fourth-order valence-corrected chi connectivity index (χ4v) is 1.90. The molecule has 0 aromatic heterocycles. The molecule has 0 heterocycles. The zero-order valence-corrected chi connectivity index (χ0v) is 10.1. The van der Waals surface area contributed by atoms with Crippen LogP contribution >= 0.6 is 0 Å². The molecule has 0 bridgehead atoms. The second-order valence-electron chi connectivity index (χ2n) is 4.01. The van der Waals surface area contributed by atoms with Crippen molar-refractivity contribution in [1.82, 2.24) is 10.8 Å². The molecule has 3 unspecified atom stereocenters. The molecule has 1 rings (SSSR count). The number of hydrogen-bond acceptors (Lipinski definition) is 5. The lowest BCUT2D eigenvalue weighted by atomic mass is 10.0. The highest BCUT2D eigenvalue weighted by atomic mass is 16.8. The Morgan fingerprint density at radius 2 is 2.12 bits per heavy atom. The van der Waals surface area contributed by atoms with E-state index >= 15 is 0 Å². The van der Waals surface area contributed by atoms with E-state index in [0.29, 0.717) is 5.92 Å². The standard InChI is InChI=1S/C10H21N3O3/c1-8-4-5-9(6-7-10(8)11-14)13(16-3)12-15-2/h4-5,8-12,14H,6-7H2,1-3H3/p+1. The van der Waals surface area contributed by atoms with Gasteiger partial charge in [-0.25, -0.2) is 10.7 Å². The van der Waals surface area contributed by atoms with Gasteiger partial charge in [0.15, 0.2) is 0 Å². The summed E-state index contributed by atoms with van der Waals surface area (Å²) in [7, 11) is 3.13. The van der Waals surface area contributed by atoms with Crippen LogP contribution in [0.4, 0.5) is 0 Å². The van der Waals surface area contributed by atoms with E-state index in [1.54, 1.807) is 19.4 Å². The second kappa shape index (κ2) is 6.95. The lowest BCUT2D eigenvalue weighted by molar-refractivity contribution is -0.912. The fraction of sp³-hybridized carbons (Fsp3) is 0.800. The molecule has 94 valence electrons. The van der Waals surface area contributed by atoms with Gasteiger partial charge in [0.05, 0.1) is 20.3 Å². The number of hydroxylamine groups is 2. The zero-order chi connectivity index (χ0) is 12.0. The van der Waals surface area contributed by atoms with Gasteiger partial charge in [-0.2, -0.15) is 0 Å². The number of hydrazine groups is 1. The van der Waals surface area contributed by atoms with Crippen LogP contribution in [-0.4, -0.2) is 36.7 Å². The second-order valence-corrected chi connectivity index (χ2v) is 4.01. The Bertz CT molecular complexity index is 225. The normalized spacial score (nSPS) is 30.7. The Kier molecular flexibility index (Phi) is 5.89. The van der Waals surface area contributed by atoms with Gasteiger partial charge in [-0.15, -0.1) is 5.59 Å². The van der Waals surface area contributed by atoms with E-state index in [0.717, 1.165) is 12.8 Å². The van der Waals surface area contributed by atoms with Crippen molar-refractivity contribution >= 4 is 0 Å². The quantitative estimate of drug-likeness (QED) is 0.444. The topological polar surface area (TPSA) is 70.6 Å². The molecule has 6 nitrogen and oxygen atoms in total. The van der Waals surface area contributed by atoms with Gasteiger partial charge in [0.2, 0.25) is 0 Å². The van der Waals surface area contributed by atoms with Gasteiger partial charge in [0.1, 0.15) is 6.04 Å². The molecular weight excluding hydrogens is 210 g/mol. The predicted molar refractivity (Wildman–Crippen MR) is 57.8 cm³/mol. The SMILES string of the molecule is CONN(OC)C1C=CC(C)C([NH2+]O)CC1. The fourth-order valence-electron chi connectivity index (χ4n) is 1.90. The van der Waals surface area contributed by atoms with Crippen LogP contribution in [0, 0.1) is 5.92 Å². The molecule has 0 aliphatic heterocycles. The number of nitrogens with two attached hydrogens (primary N) is 1. The Labute approximate surface area is 96.0 Å². The van der Waals surface area contributed by atoms with Crippen LogP contribution in [0.3, 0.4) is 0 Å². The van der Waals surface area contributed by atoms with Gasteiger partial charge in [-0.3, -0.25) is 9.68 Å². The highest BCUT2D eigenvalue weighted by molar-refractivity contribution is 4.99. The van der Waals surface area contributed by atoms with Crippen LogP contribution in [0.15, 0.2) is 12.2 Å². The summed E-state index contributed by atoms with van der Waals surface area (Å²) in [6, 6.07) is 0.319. The van der Waals surface area contributed by atoms with Crippen molar-refractivity contribution in [2.45, 2.75) is 31.8 Å². The van der Waals surface area contributed by atoms with Crippen molar-refractivity contribution in [3.8, 4) is 0 Å². The molecule has 0 aromatic carbocycles. The number of quaternary nitrogens is 1. The van der Waals surface area contributed by atoms with E-state index in [-0.39, 0.29) is 12.1 Å². The van der Waals surface area contributed by atoms with E-state index in [2.05, 4.69) is 24.7 Å². The first-order valence-electron chi connectivity index (χ1n) is 5.50. The maximum Gasteiger partial charge on any atom is 0.121 e. The first-order valence-corrected chi connectivity index (χ1v) is 5.50. The minimum Gasteiger partial charge on any atom is -0.288 e. The summed E-state index contributed by atoms with van der Waals surface area (Å²) in [5.41, 5.74) is 3.95. The van der Waals surface area contributed by atoms with Gasteiger partial charge in [-0.1, -0.05) is 24.2 Å². The minimum atomic E-state index is 0.109. The summed E-state index contributed by atoms with van der Waals surface area (Å²) in [5, 5.41) is 10.7. The smallest absolute Gasteiger partial charge is 0.121 e. The van der Waals surface area contributed by atoms with Crippen LogP contribution in [0.2, 0.25) is 0 Å². The summed E-state index contributed by atoms with van der Waals surface area (Å²) in [5.74, 6) is 0.344. The first kappa shape index (κ1) is 13.6. The lowest BCUT2D eigenvalue weighted by Crippen LogP contribution is -2.88. The summed E-state index contributed by atoms with van der Waals surface area (Å²) < 4.78 is 0. The molecule has 0 spiro atoms. The maximum absolute atomic E-state index is 9.13. The average molecular weight is 232 g/mol. The summed E-state index contributed by atoms with van der Waals surface area (Å²) in [6.45, 7) is 2.09. The molecule has 1 aliphatic rings. The van der Waals surface area contributed by atoms with Crippen molar-refractivity contribution in [2.24, 2.45) is 5.92 Å². The largest absolute Gasteiger partial charge is 0.288 e. The molecular formula is C10H22N3O3+. The van der Waals surface area contributed by atoms with Gasteiger partial charge in [-0.05, 0) is 6.42 Å². The molecule has 4 N–H and O–H groups in total. The first-order chi connectivity index (χ1) is 7.72. The number of nitrogens with one attached hydrogen (secondary N) is 1. The van der Waals surface area contributed by atoms with E-state index in [4.69, 9.17) is 14.9 Å². The number of nitrogens with zero attached hydrogens (tertiary/aromatic N) is 1. The molecule has 0 fully saturated rings. The van der Waals surface area contributed by atoms with Crippen LogP contribution in [-0.2, 0) is 9.68 Å². The monoisotopic (exact) mass is 232 g/mol. The number of rotatable bonds is 5. The third-order valence-corrected chi connectivity index (χ3v) is 2.98. The highest BCUT2D eigenvalue weighted by Gasteiger charge is 2.26. The van der Waals surface area contributed by atoms with E-state index in [1.807, 2.05) is 0 Å². The van der Waals surface area contributed by atoms with Crippen LogP contribution in [0.25, 0.3) is 0 Å². The molecule has 0 saturated carbocycles. The third-order valence-electron chi connectivity index (χ3n) is 2.98. The van der Waals surface area contributed by atoms with Gasteiger partial charge >= 0.3 is 0 Å². The highest BCUT2D eigenvalue weighted by Crippen LogP contribution is 2.18. The Hall–Kier alpha value is -0.500. The minimum absolute atomic E-state index is 0.109. The summed E-state index contributed by atoms with van der Waals surface area (Å²) >= 11 is 0. The van der Waals surface area contributed by atoms with Crippen molar-refractivity contribution < 1.29 is 20.4 Å². The Morgan fingerprint density at radius 3 is 2.69 bits per heavy atom. The van der Waals surface area contributed by atoms with Crippen molar-refractivity contribution in [2.75, 3.05) is 14.2 Å². The molecule has 0 radical (unpaired) electrons. The van der Waals surface area contributed by atoms with Crippen LogP contribution in [0.5, 0.6) is 0 Å². The third kappa shape index (κ3) is 3.51. The van der Waals surface area contributed by atoms with E-state index in [9.17, 15) is 0 Å². The van der Waals surface area contributed by atoms with E-state index < -0.39 is 0 Å². The lowest BCUT2D eigenvalue weighted by Gasteiger charge is -2.25. The molecule has 0 aromatic rings. The summed E-state index contributed by atoms with van der Waals surface area (Å²) in [6.07, 6.45) is 5.98. The predicted octanol–water partition coefficient (Wildman–Crippen LogP) is -0.408. The molecule has 16 heavy (non-hydrogen) atoms. The maximum atomic E-state index is 9.13. The molecule has 3 atom stereocenters. The average Bonchev–Trinajstić information content (AvgIpc) is 2.48. The van der Waals surface area contributed by atoms with Crippen LogP contribution < -0.4 is 11.1 Å². The van der Waals surface area contributed by atoms with Gasteiger partial charge < -0.3 is 0 Å². The van der Waals surface area contributed by atoms with E-state index in [1.165, 1.54) is 5.48 Å². The molecule has 6 heteroatoms. The molecule has 0 saturated heterocycles. The van der Waals surface area contributed by atoms with Crippen molar-refractivity contribution in [1.29, 1.82) is 0 Å². The van der Waals surface area contributed by atoms with Gasteiger partial charge in [0.25, 0.3) is 0 Å². The number of hydrogen-bond donors (Lipinski definition) is 3. The Morgan fingerprint density at radius 1 is 1.38 bits per heavy atom. The Balaban J connectivity index is 2.59. The van der Waals surface area contributed by atoms with Crippen molar-refractivity contribution in [3.05, 3.63) is 12.2 Å². The van der Waals surface area contributed by atoms with Crippen LogP contribution in [0.1, 0.15) is 19.8 Å². The molecule has 0 amide bonds. The van der Waals surface area contributed by atoms with Crippen molar-refractivity contribution in [3.63, 3.8) is 0 Å².